The second-order valence-corrected chi connectivity index (χ2v) is 5.79. The van der Waals surface area contributed by atoms with Crippen LogP contribution in [-0.2, 0) is 18.3 Å². The normalized spacial score (nSPS) is 15.0. The summed E-state index contributed by atoms with van der Waals surface area (Å²) in [5.41, 5.74) is 9.30. The molecule has 18 heavy (non-hydrogen) atoms. The Morgan fingerprint density at radius 2 is 1.94 bits per heavy atom. The summed E-state index contributed by atoms with van der Waals surface area (Å²) < 4.78 is 0. The van der Waals surface area contributed by atoms with Crippen molar-refractivity contribution < 1.29 is 4.79 Å². The number of nitrogens with two attached hydrogens (primary N) is 1. The molecule has 1 aliphatic rings. The van der Waals surface area contributed by atoms with Gasteiger partial charge in [0.05, 0.1) is 0 Å². The van der Waals surface area contributed by atoms with Gasteiger partial charge >= 0.3 is 6.03 Å². The molecule has 98 valence electrons. The minimum atomic E-state index is -0.457. The molecule has 0 atom stereocenters. The molecule has 0 saturated heterocycles. The van der Waals surface area contributed by atoms with Crippen molar-refractivity contribution in [3.05, 3.63) is 34.9 Å². The number of rotatable bonds is 3. The third-order valence-corrected chi connectivity index (χ3v) is 3.83. The third-order valence-electron chi connectivity index (χ3n) is 3.83. The van der Waals surface area contributed by atoms with Crippen molar-refractivity contribution >= 4 is 6.03 Å². The molecular weight excluding hydrogens is 224 g/mol. The molecule has 0 fully saturated rings. The lowest BCUT2D eigenvalue weighted by Crippen LogP contribution is -2.39. The Bertz CT molecular complexity index is 452. The first kappa shape index (κ1) is 12.9. The Morgan fingerprint density at radius 3 is 2.61 bits per heavy atom. The highest BCUT2D eigenvalue weighted by molar-refractivity contribution is 5.71. The fourth-order valence-corrected chi connectivity index (χ4v) is 2.56. The molecule has 0 radical (unpaired) electrons. The second-order valence-electron chi connectivity index (χ2n) is 5.79. The van der Waals surface area contributed by atoms with Crippen LogP contribution in [0.4, 0.5) is 4.79 Å². The van der Waals surface area contributed by atoms with Crippen molar-refractivity contribution in [2.75, 3.05) is 6.54 Å². The zero-order chi connectivity index (χ0) is 13.2. The molecular formula is C15H22N2O. The summed E-state index contributed by atoms with van der Waals surface area (Å²) >= 11 is 0. The molecule has 3 nitrogen and oxygen atoms in total. The molecule has 3 N–H and O–H groups in total. The molecule has 0 heterocycles. The Labute approximate surface area is 109 Å². The summed E-state index contributed by atoms with van der Waals surface area (Å²) in [6, 6.07) is 6.28. The molecule has 2 amide bonds. The average Bonchev–Trinajstić information content (AvgIpc) is 2.36. The predicted octanol–water partition coefficient (Wildman–Crippen LogP) is 2.51. The molecule has 0 spiro atoms. The first-order valence-corrected chi connectivity index (χ1v) is 6.65. The van der Waals surface area contributed by atoms with Crippen molar-refractivity contribution in [2.45, 2.75) is 44.9 Å². The predicted molar refractivity (Wildman–Crippen MR) is 73.7 cm³/mol. The van der Waals surface area contributed by atoms with Gasteiger partial charge in [0.1, 0.15) is 0 Å². The van der Waals surface area contributed by atoms with Gasteiger partial charge in [0, 0.05) is 12.0 Å². The minimum absolute atomic E-state index is 0.0818. The van der Waals surface area contributed by atoms with Crippen molar-refractivity contribution in [1.82, 2.24) is 5.32 Å². The minimum Gasteiger partial charge on any atom is -0.352 e. The highest BCUT2D eigenvalue weighted by Crippen LogP contribution is 2.28. The van der Waals surface area contributed by atoms with Crippen LogP contribution in [0.15, 0.2) is 18.2 Å². The lowest BCUT2D eigenvalue weighted by molar-refractivity contribution is 0.246. The van der Waals surface area contributed by atoms with Crippen LogP contribution in [0.25, 0.3) is 0 Å². The van der Waals surface area contributed by atoms with E-state index in [4.69, 9.17) is 5.73 Å². The number of aryl methyl sites for hydroxylation is 2. The first-order valence-electron chi connectivity index (χ1n) is 6.65. The van der Waals surface area contributed by atoms with Crippen LogP contribution in [0.5, 0.6) is 0 Å². The van der Waals surface area contributed by atoms with Crippen LogP contribution in [0, 0.1) is 0 Å². The van der Waals surface area contributed by atoms with Crippen LogP contribution < -0.4 is 11.1 Å². The van der Waals surface area contributed by atoms with Gasteiger partial charge < -0.3 is 11.1 Å². The lowest BCUT2D eigenvalue weighted by atomic mass is 9.81. The number of nitrogens with one attached hydrogen (secondary N) is 1. The third kappa shape index (κ3) is 2.84. The van der Waals surface area contributed by atoms with Crippen LogP contribution >= 0.6 is 0 Å². The Balaban J connectivity index is 2.19. The molecule has 0 bridgehead atoms. The topological polar surface area (TPSA) is 55.1 Å². The zero-order valence-electron chi connectivity index (χ0n) is 11.3. The summed E-state index contributed by atoms with van der Waals surface area (Å²) in [6.07, 6.45) is 4.98. The van der Waals surface area contributed by atoms with Gasteiger partial charge in [-0.2, -0.15) is 0 Å². The monoisotopic (exact) mass is 246 g/mol. The number of hydrogen-bond donors (Lipinski definition) is 2. The smallest absolute Gasteiger partial charge is 0.312 e. The maximum Gasteiger partial charge on any atom is 0.312 e. The van der Waals surface area contributed by atoms with E-state index in [9.17, 15) is 4.79 Å². The van der Waals surface area contributed by atoms with E-state index in [1.165, 1.54) is 42.4 Å². The van der Waals surface area contributed by atoms with E-state index in [-0.39, 0.29) is 5.41 Å². The van der Waals surface area contributed by atoms with Gasteiger partial charge in [0.15, 0.2) is 0 Å². The number of carbonyl (C=O) groups is 1. The van der Waals surface area contributed by atoms with E-state index in [0.717, 1.165) is 0 Å². The maximum absolute atomic E-state index is 10.8. The number of amides is 2. The Morgan fingerprint density at radius 1 is 1.28 bits per heavy atom. The Hall–Kier alpha value is -1.51. The van der Waals surface area contributed by atoms with Crippen LogP contribution in [0.2, 0.25) is 0 Å². The van der Waals surface area contributed by atoms with Gasteiger partial charge in [-0.3, -0.25) is 0 Å². The second kappa shape index (κ2) is 5.01. The van der Waals surface area contributed by atoms with Gasteiger partial charge in [-0.25, -0.2) is 4.79 Å². The number of urea groups is 1. The summed E-state index contributed by atoms with van der Waals surface area (Å²) in [7, 11) is 0. The van der Waals surface area contributed by atoms with Gasteiger partial charge in [0.2, 0.25) is 0 Å². The van der Waals surface area contributed by atoms with E-state index in [1.807, 2.05) is 0 Å². The van der Waals surface area contributed by atoms with Crippen molar-refractivity contribution in [1.29, 1.82) is 0 Å². The van der Waals surface area contributed by atoms with Crippen molar-refractivity contribution in [3.8, 4) is 0 Å². The number of primary amides is 1. The molecule has 1 aromatic carbocycles. The van der Waals surface area contributed by atoms with Gasteiger partial charge in [0.25, 0.3) is 0 Å². The molecule has 1 aromatic rings. The maximum atomic E-state index is 10.8. The lowest BCUT2D eigenvalue weighted by Gasteiger charge is -2.27. The van der Waals surface area contributed by atoms with E-state index in [0.29, 0.717) is 6.54 Å². The SMILES string of the molecule is CC(C)(CNC(N)=O)c1ccc2c(c1)CCCC2. The highest BCUT2D eigenvalue weighted by Gasteiger charge is 2.22. The number of carbonyl (C=O) groups excluding carboxylic acids is 1. The van der Waals surface area contributed by atoms with Gasteiger partial charge in [-0.05, 0) is 42.4 Å². The number of benzene rings is 1. The molecule has 1 aliphatic carbocycles. The van der Waals surface area contributed by atoms with Crippen molar-refractivity contribution in [3.63, 3.8) is 0 Å². The zero-order valence-corrected chi connectivity index (χ0v) is 11.3. The molecule has 0 aromatic heterocycles. The van der Waals surface area contributed by atoms with Crippen molar-refractivity contribution in [2.24, 2.45) is 5.73 Å². The summed E-state index contributed by atoms with van der Waals surface area (Å²) in [5, 5.41) is 2.70. The number of hydrogen-bond acceptors (Lipinski definition) is 1. The fourth-order valence-electron chi connectivity index (χ4n) is 2.56. The molecule has 0 aliphatic heterocycles. The largest absolute Gasteiger partial charge is 0.352 e. The van der Waals surface area contributed by atoms with E-state index >= 15 is 0 Å². The molecule has 3 heteroatoms. The first-order chi connectivity index (χ1) is 8.49. The van der Waals surface area contributed by atoms with Crippen LogP contribution in [0.3, 0.4) is 0 Å². The summed E-state index contributed by atoms with van der Waals surface area (Å²) in [5.74, 6) is 0. The van der Waals surface area contributed by atoms with E-state index in [1.54, 1.807) is 0 Å². The van der Waals surface area contributed by atoms with Gasteiger partial charge in [-0.15, -0.1) is 0 Å². The van der Waals surface area contributed by atoms with E-state index < -0.39 is 6.03 Å². The standard InChI is InChI=1S/C15H22N2O/c1-15(2,10-17-14(16)18)13-8-7-11-5-3-4-6-12(11)9-13/h7-9H,3-6,10H2,1-2H3,(H3,16,17,18). The van der Waals surface area contributed by atoms with E-state index in [2.05, 4.69) is 37.4 Å². The molecule has 0 unspecified atom stereocenters. The van der Waals surface area contributed by atoms with Crippen LogP contribution in [0.1, 0.15) is 43.4 Å². The average molecular weight is 246 g/mol. The summed E-state index contributed by atoms with van der Waals surface area (Å²) in [4.78, 5) is 10.8. The Kier molecular flexibility index (Phi) is 3.60. The van der Waals surface area contributed by atoms with Crippen LogP contribution in [-0.4, -0.2) is 12.6 Å². The molecule has 0 saturated carbocycles. The highest BCUT2D eigenvalue weighted by atomic mass is 16.2. The quantitative estimate of drug-likeness (QED) is 0.846. The van der Waals surface area contributed by atoms with Gasteiger partial charge in [-0.1, -0.05) is 32.0 Å². The summed E-state index contributed by atoms with van der Waals surface area (Å²) in [6.45, 7) is 4.84. The molecule has 2 rings (SSSR count). The fraction of sp³-hybridized carbons (Fsp3) is 0.533. The number of fused-ring (bicyclic) bond motifs is 1.